The van der Waals surface area contributed by atoms with E-state index in [4.69, 9.17) is 9.73 Å². The summed E-state index contributed by atoms with van der Waals surface area (Å²) >= 11 is 1.76. The van der Waals surface area contributed by atoms with Crippen molar-refractivity contribution < 1.29 is 4.74 Å². The molecule has 0 saturated heterocycles. The van der Waals surface area contributed by atoms with Gasteiger partial charge < -0.3 is 15.4 Å². The molecule has 0 spiro atoms. The molecule has 0 bridgehead atoms. The molecule has 2 N–H and O–H groups in total. The molecule has 0 aromatic carbocycles. The number of guanidine groups is 1. The molecular weight excluding hydrogens is 459 g/mol. The summed E-state index contributed by atoms with van der Waals surface area (Å²) in [6.07, 6.45) is 8.28. The van der Waals surface area contributed by atoms with Crippen LogP contribution in [0, 0.1) is 5.41 Å². The Hall–Kier alpha value is -0.410. The molecule has 26 heavy (non-hydrogen) atoms. The molecule has 1 saturated carbocycles. The zero-order chi connectivity index (χ0) is 18.0. The molecule has 1 aliphatic carbocycles. The Morgan fingerprint density at radius 3 is 2.69 bits per heavy atom. The lowest BCUT2D eigenvalue weighted by molar-refractivity contribution is 0.141. The monoisotopic (exact) mass is 494 g/mol. The maximum Gasteiger partial charge on any atom is 0.191 e. The van der Waals surface area contributed by atoms with Crippen molar-refractivity contribution in [1.82, 2.24) is 15.6 Å². The van der Waals surface area contributed by atoms with E-state index in [9.17, 15) is 0 Å². The highest BCUT2D eigenvalue weighted by Gasteiger charge is 2.33. The van der Waals surface area contributed by atoms with Gasteiger partial charge in [0.2, 0.25) is 0 Å². The topological polar surface area (TPSA) is 58.5 Å². The van der Waals surface area contributed by atoms with Gasteiger partial charge in [-0.1, -0.05) is 19.8 Å². The minimum atomic E-state index is 0. The molecule has 0 atom stereocenters. The van der Waals surface area contributed by atoms with E-state index in [1.165, 1.54) is 36.4 Å². The molecule has 150 valence electrons. The van der Waals surface area contributed by atoms with E-state index in [-0.39, 0.29) is 24.0 Å². The van der Waals surface area contributed by atoms with E-state index in [1.807, 2.05) is 0 Å². The quantitative estimate of drug-likeness (QED) is 0.293. The Bertz CT molecular complexity index is 529. The number of nitrogens with zero attached hydrogens (tertiary/aromatic N) is 2. The fourth-order valence-electron chi connectivity index (χ4n) is 3.45. The number of thiazole rings is 1. The summed E-state index contributed by atoms with van der Waals surface area (Å²) in [6, 6.07) is 0. The minimum Gasteiger partial charge on any atom is -0.385 e. The fourth-order valence-corrected chi connectivity index (χ4v) is 4.23. The van der Waals surface area contributed by atoms with Crippen molar-refractivity contribution in [2.75, 3.05) is 33.4 Å². The summed E-state index contributed by atoms with van der Waals surface area (Å²) in [5.74, 6) is 0.928. The number of ether oxygens (including phenoxy) is 1. The van der Waals surface area contributed by atoms with Crippen molar-refractivity contribution in [1.29, 1.82) is 0 Å². The highest BCUT2D eigenvalue weighted by Crippen LogP contribution is 2.41. The van der Waals surface area contributed by atoms with Gasteiger partial charge in [0.05, 0.1) is 10.7 Å². The summed E-state index contributed by atoms with van der Waals surface area (Å²) < 4.78 is 5.32. The van der Waals surface area contributed by atoms with Crippen LogP contribution >= 0.6 is 35.3 Å². The van der Waals surface area contributed by atoms with Crippen LogP contribution in [0.15, 0.2) is 10.4 Å². The van der Waals surface area contributed by atoms with E-state index < -0.39 is 0 Å². The summed E-state index contributed by atoms with van der Waals surface area (Å²) in [5.41, 5.74) is 1.51. The molecular formula is C19H35IN4OS. The number of nitrogens with one attached hydrogen (secondary N) is 2. The smallest absolute Gasteiger partial charge is 0.191 e. The van der Waals surface area contributed by atoms with Gasteiger partial charge in [-0.05, 0) is 38.0 Å². The molecule has 1 aliphatic rings. The van der Waals surface area contributed by atoms with Gasteiger partial charge in [-0.2, -0.15) is 0 Å². The first-order chi connectivity index (χ1) is 12.2. The normalized spacial score (nSPS) is 16.3. The molecule has 1 aromatic heterocycles. The minimum absolute atomic E-state index is 0. The molecule has 5 nitrogen and oxygen atoms in total. The van der Waals surface area contributed by atoms with Crippen LogP contribution in [0.5, 0.6) is 0 Å². The van der Waals surface area contributed by atoms with Crippen LogP contribution in [0.2, 0.25) is 0 Å². The van der Waals surface area contributed by atoms with Crippen molar-refractivity contribution in [2.24, 2.45) is 10.4 Å². The number of methoxy groups -OCH3 is 1. The molecule has 1 heterocycles. The average molecular weight is 494 g/mol. The van der Waals surface area contributed by atoms with Gasteiger partial charge in [0.1, 0.15) is 0 Å². The van der Waals surface area contributed by atoms with Crippen molar-refractivity contribution in [2.45, 2.75) is 58.8 Å². The number of halogens is 1. The molecule has 0 amide bonds. The molecule has 0 radical (unpaired) electrons. The van der Waals surface area contributed by atoms with Gasteiger partial charge in [0, 0.05) is 45.2 Å². The predicted molar refractivity (Wildman–Crippen MR) is 122 cm³/mol. The van der Waals surface area contributed by atoms with Crippen LogP contribution < -0.4 is 10.6 Å². The van der Waals surface area contributed by atoms with Gasteiger partial charge in [-0.3, -0.25) is 4.99 Å². The summed E-state index contributed by atoms with van der Waals surface area (Å²) in [6.45, 7) is 7.74. The standard InChI is InChI=1S/C19H34N4OS.HI/c1-4-17-23-16(14-25-17)8-12-21-18(20-5-2)22-15-19(11-13-24-3)9-6-7-10-19;/h14H,4-13,15H2,1-3H3,(H2,20,21,22);1H. The van der Waals surface area contributed by atoms with Gasteiger partial charge in [-0.15, -0.1) is 35.3 Å². The Kier molecular flexibility index (Phi) is 11.7. The maximum atomic E-state index is 5.32. The Morgan fingerprint density at radius 2 is 2.08 bits per heavy atom. The van der Waals surface area contributed by atoms with Gasteiger partial charge >= 0.3 is 0 Å². The van der Waals surface area contributed by atoms with Crippen LogP contribution in [0.25, 0.3) is 0 Å². The van der Waals surface area contributed by atoms with E-state index in [2.05, 4.69) is 34.8 Å². The van der Waals surface area contributed by atoms with Crippen LogP contribution in [0.4, 0.5) is 0 Å². The number of aromatic nitrogens is 1. The summed E-state index contributed by atoms with van der Waals surface area (Å²) in [5, 5.41) is 10.2. The van der Waals surface area contributed by atoms with E-state index >= 15 is 0 Å². The Labute approximate surface area is 179 Å². The molecule has 0 aliphatic heterocycles. The fraction of sp³-hybridized carbons (Fsp3) is 0.789. The highest BCUT2D eigenvalue weighted by molar-refractivity contribution is 14.0. The van der Waals surface area contributed by atoms with Crippen molar-refractivity contribution in [3.63, 3.8) is 0 Å². The number of hydrogen-bond donors (Lipinski definition) is 2. The van der Waals surface area contributed by atoms with Crippen molar-refractivity contribution in [3.05, 3.63) is 16.1 Å². The third-order valence-corrected chi connectivity index (χ3v) is 6.03. The van der Waals surface area contributed by atoms with Crippen LogP contribution in [-0.4, -0.2) is 44.3 Å². The van der Waals surface area contributed by atoms with E-state index in [0.29, 0.717) is 5.41 Å². The lowest BCUT2D eigenvalue weighted by Gasteiger charge is -2.27. The average Bonchev–Trinajstić information content (AvgIpc) is 3.28. The molecule has 2 rings (SSSR count). The van der Waals surface area contributed by atoms with Crippen LogP contribution in [0.1, 0.15) is 56.7 Å². The Balaban J connectivity index is 0.00000338. The lowest BCUT2D eigenvalue weighted by atomic mass is 9.83. The summed E-state index contributed by atoms with van der Waals surface area (Å²) in [7, 11) is 1.79. The van der Waals surface area contributed by atoms with Gasteiger partial charge in [0.25, 0.3) is 0 Å². The lowest BCUT2D eigenvalue weighted by Crippen LogP contribution is -2.39. The van der Waals surface area contributed by atoms with Gasteiger partial charge in [-0.25, -0.2) is 4.98 Å². The number of rotatable bonds is 10. The first-order valence-corrected chi connectivity index (χ1v) is 10.5. The zero-order valence-corrected chi connectivity index (χ0v) is 19.6. The first-order valence-electron chi connectivity index (χ1n) is 9.66. The second kappa shape index (κ2) is 12.9. The molecule has 1 aromatic rings. The molecule has 1 fully saturated rings. The number of aryl methyl sites for hydroxylation is 1. The summed E-state index contributed by atoms with van der Waals surface area (Å²) in [4.78, 5) is 9.52. The SMILES string of the molecule is CCNC(=NCC1(CCOC)CCCC1)NCCc1csc(CC)n1.I. The third-order valence-electron chi connectivity index (χ3n) is 4.99. The second-order valence-corrected chi connectivity index (χ2v) is 7.85. The van der Waals surface area contributed by atoms with E-state index in [1.54, 1.807) is 18.4 Å². The van der Waals surface area contributed by atoms with Crippen molar-refractivity contribution in [3.8, 4) is 0 Å². The zero-order valence-electron chi connectivity index (χ0n) is 16.5. The first kappa shape index (κ1) is 23.6. The van der Waals surface area contributed by atoms with E-state index in [0.717, 1.165) is 51.5 Å². The van der Waals surface area contributed by atoms with Gasteiger partial charge in [0.15, 0.2) is 5.96 Å². The largest absolute Gasteiger partial charge is 0.385 e. The van der Waals surface area contributed by atoms with Crippen LogP contribution in [0.3, 0.4) is 0 Å². The maximum absolute atomic E-state index is 5.32. The highest BCUT2D eigenvalue weighted by atomic mass is 127. The number of aliphatic imine (C=N–C) groups is 1. The second-order valence-electron chi connectivity index (χ2n) is 6.91. The third kappa shape index (κ3) is 7.68. The molecule has 0 unspecified atom stereocenters. The predicted octanol–water partition coefficient (Wildman–Crippen LogP) is 4.02. The van der Waals surface area contributed by atoms with Crippen LogP contribution in [-0.2, 0) is 17.6 Å². The molecule has 7 heteroatoms. The van der Waals surface area contributed by atoms with Crippen molar-refractivity contribution >= 4 is 41.3 Å². The Morgan fingerprint density at radius 1 is 1.31 bits per heavy atom. The number of hydrogen-bond acceptors (Lipinski definition) is 4.